The smallest absolute Gasteiger partial charge is 0.266 e. The summed E-state index contributed by atoms with van der Waals surface area (Å²) in [7, 11) is 0. The molecule has 140 valence electrons. The molecular weight excluding hydrogens is 360 g/mol. The summed E-state index contributed by atoms with van der Waals surface area (Å²) in [5.74, 6) is 0.402. The number of aryl methyl sites for hydroxylation is 1. The Kier molecular flexibility index (Phi) is 5.43. The minimum atomic E-state index is -1.05. The molecule has 1 saturated heterocycles. The lowest BCUT2D eigenvalue weighted by atomic mass is 10.0. The first-order chi connectivity index (χ1) is 12.8. The Bertz CT molecular complexity index is 884. The number of nitriles is 1. The quantitative estimate of drug-likeness (QED) is 0.744. The van der Waals surface area contributed by atoms with Crippen molar-refractivity contribution < 1.29 is 9.53 Å². The number of rotatable bonds is 4. The van der Waals surface area contributed by atoms with Crippen LogP contribution >= 0.6 is 11.6 Å². The molecule has 1 unspecified atom stereocenters. The molecule has 0 aliphatic carbocycles. The van der Waals surface area contributed by atoms with E-state index < -0.39 is 5.60 Å². The predicted octanol–water partition coefficient (Wildman–Crippen LogP) is 5.04. The van der Waals surface area contributed by atoms with Gasteiger partial charge in [-0.15, -0.1) is 0 Å². The second kappa shape index (κ2) is 7.62. The Labute approximate surface area is 165 Å². The van der Waals surface area contributed by atoms with Crippen LogP contribution in [-0.4, -0.2) is 23.0 Å². The van der Waals surface area contributed by atoms with Crippen molar-refractivity contribution in [2.75, 3.05) is 6.54 Å². The Hall–Kier alpha value is -2.51. The van der Waals surface area contributed by atoms with Crippen molar-refractivity contribution in [1.29, 1.82) is 5.26 Å². The van der Waals surface area contributed by atoms with Gasteiger partial charge in [0, 0.05) is 6.54 Å². The van der Waals surface area contributed by atoms with Crippen molar-refractivity contribution in [3.05, 3.63) is 64.2 Å². The molecule has 3 rings (SSSR count). The van der Waals surface area contributed by atoms with E-state index in [4.69, 9.17) is 21.6 Å². The molecule has 2 aromatic carbocycles. The number of carbonyl (C=O) groups excluding carboxylic acids is 1. The van der Waals surface area contributed by atoms with Gasteiger partial charge in [-0.25, -0.2) is 0 Å². The molecule has 0 N–H and O–H groups in total. The van der Waals surface area contributed by atoms with E-state index in [9.17, 15) is 4.79 Å². The maximum atomic E-state index is 13.3. The summed E-state index contributed by atoms with van der Waals surface area (Å²) in [6.07, 6.45) is 1.92. The van der Waals surface area contributed by atoms with Crippen LogP contribution in [0.25, 0.3) is 0 Å². The lowest BCUT2D eigenvalue weighted by Crippen LogP contribution is -2.48. The first-order valence-electron chi connectivity index (χ1n) is 9.08. The van der Waals surface area contributed by atoms with Gasteiger partial charge < -0.3 is 9.64 Å². The van der Waals surface area contributed by atoms with E-state index in [0.29, 0.717) is 22.9 Å². The van der Waals surface area contributed by atoms with Gasteiger partial charge in [0.05, 0.1) is 16.6 Å². The summed E-state index contributed by atoms with van der Waals surface area (Å²) in [6.45, 7) is 6.30. The van der Waals surface area contributed by atoms with E-state index >= 15 is 0 Å². The fraction of sp³-hybridized carbons (Fsp3) is 0.364. The molecule has 1 fully saturated rings. The zero-order valence-corrected chi connectivity index (χ0v) is 16.6. The summed E-state index contributed by atoms with van der Waals surface area (Å²) < 4.78 is 5.98. The topological polar surface area (TPSA) is 53.3 Å². The highest BCUT2D eigenvalue weighted by atomic mass is 35.5. The van der Waals surface area contributed by atoms with Crippen LogP contribution in [0.4, 0.5) is 0 Å². The van der Waals surface area contributed by atoms with E-state index in [0.717, 1.165) is 18.4 Å². The lowest BCUT2D eigenvalue weighted by Gasteiger charge is -2.33. The molecule has 0 bridgehead atoms. The average molecular weight is 383 g/mol. The van der Waals surface area contributed by atoms with Crippen LogP contribution in [0.15, 0.2) is 42.5 Å². The first-order valence-corrected chi connectivity index (χ1v) is 9.46. The summed E-state index contributed by atoms with van der Waals surface area (Å²) in [5, 5.41) is 9.51. The number of likely N-dealkylation sites (tertiary alicyclic amines) is 1. The second-order valence-corrected chi connectivity index (χ2v) is 7.84. The Balaban J connectivity index is 1.80. The SMILES string of the molecule is Cc1ccc(C2CCCN2C(=O)C(C)(C)Oc2ccc(Cl)c(C#N)c2)cc1. The van der Waals surface area contributed by atoms with Crippen molar-refractivity contribution in [3.8, 4) is 11.8 Å². The minimum absolute atomic E-state index is 0.0565. The summed E-state index contributed by atoms with van der Waals surface area (Å²) in [4.78, 5) is 15.2. The van der Waals surface area contributed by atoms with E-state index in [1.54, 1.807) is 32.0 Å². The van der Waals surface area contributed by atoms with Crippen molar-refractivity contribution >= 4 is 17.5 Å². The standard InChI is InChI=1S/C22H23ClN2O2/c1-15-6-8-16(9-7-15)20-5-4-12-25(20)21(26)22(2,3)27-18-10-11-19(23)17(13-18)14-24/h6-11,13,20H,4-5,12H2,1-3H3. The third-order valence-corrected chi connectivity index (χ3v) is 5.25. The molecule has 0 spiro atoms. The predicted molar refractivity (Wildman–Crippen MR) is 106 cm³/mol. The number of hydrogen-bond donors (Lipinski definition) is 0. The molecule has 27 heavy (non-hydrogen) atoms. The van der Waals surface area contributed by atoms with Crippen molar-refractivity contribution in [1.82, 2.24) is 4.90 Å². The van der Waals surface area contributed by atoms with Gasteiger partial charge in [-0.3, -0.25) is 4.79 Å². The van der Waals surface area contributed by atoms with E-state index in [2.05, 4.69) is 31.2 Å². The van der Waals surface area contributed by atoms with Crippen LogP contribution in [0.5, 0.6) is 5.75 Å². The fourth-order valence-electron chi connectivity index (χ4n) is 3.48. The van der Waals surface area contributed by atoms with Gasteiger partial charge >= 0.3 is 0 Å². The van der Waals surface area contributed by atoms with Gasteiger partial charge in [0.2, 0.25) is 0 Å². The summed E-state index contributed by atoms with van der Waals surface area (Å²) >= 11 is 5.98. The van der Waals surface area contributed by atoms with Gasteiger partial charge in [-0.1, -0.05) is 41.4 Å². The number of amides is 1. The van der Waals surface area contributed by atoms with Crippen LogP contribution in [0.2, 0.25) is 5.02 Å². The highest BCUT2D eigenvalue weighted by molar-refractivity contribution is 6.31. The summed E-state index contributed by atoms with van der Waals surface area (Å²) in [6, 6.07) is 15.3. The summed E-state index contributed by atoms with van der Waals surface area (Å²) in [5.41, 5.74) is 1.64. The maximum Gasteiger partial charge on any atom is 0.266 e. The van der Waals surface area contributed by atoms with Crippen LogP contribution in [0.3, 0.4) is 0 Å². The second-order valence-electron chi connectivity index (χ2n) is 7.43. The number of nitrogens with zero attached hydrogens (tertiary/aromatic N) is 2. The number of carbonyl (C=O) groups is 1. The van der Waals surface area contributed by atoms with E-state index in [1.807, 2.05) is 11.0 Å². The van der Waals surface area contributed by atoms with Gasteiger partial charge in [0.25, 0.3) is 5.91 Å². The molecule has 1 amide bonds. The molecule has 1 heterocycles. The van der Waals surface area contributed by atoms with Gasteiger partial charge in [-0.2, -0.15) is 5.26 Å². The average Bonchev–Trinajstić information content (AvgIpc) is 3.12. The zero-order valence-electron chi connectivity index (χ0n) is 15.8. The van der Waals surface area contributed by atoms with Crippen LogP contribution in [0, 0.1) is 18.3 Å². The van der Waals surface area contributed by atoms with Crippen molar-refractivity contribution in [2.45, 2.75) is 45.3 Å². The van der Waals surface area contributed by atoms with Crippen molar-refractivity contribution in [3.63, 3.8) is 0 Å². The number of benzene rings is 2. The minimum Gasteiger partial charge on any atom is -0.478 e. The van der Waals surface area contributed by atoms with E-state index in [-0.39, 0.29) is 11.9 Å². The molecule has 2 aromatic rings. The highest BCUT2D eigenvalue weighted by Gasteiger charge is 2.40. The van der Waals surface area contributed by atoms with Crippen LogP contribution in [-0.2, 0) is 4.79 Å². The molecule has 0 radical (unpaired) electrons. The molecule has 1 aliphatic heterocycles. The Morgan fingerprint density at radius 1 is 1.26 bits per heavy atom. The first kappa shape index (κ1) is 19.3. The Morgan fingerprint density at radius 3 is 2.63 bits per heavy atom. The van der Waals surface area contributed by atoms with Crippen molar-refractivity contribution in [2.24, 2.45) is 0 Å². The molecule has 0 saturated carbocycles. The zero-order chi connectivity index (χ0) is 19.6. The molecular formula is C22H23ClN2O2. The maximum absolute atomic E-state index is 13.3. The highest BCUT2D eigenvalue weighted by Crippen LogP contribution is 2.35. The number of ether oxygens (including phenoxy) is 1. The molecule has 5 heteroatoms. The largest absolute Gasteiger partial charge is 0.478 e. The van der Waals surface area contributed by atoms with Gasteiger partial charge in [0.1, 0.15) is 11.8 Å². The fourth-order valence-corrected chi connectivity index (χ4v) is 3.64. The number of hydrogen-bond acceptors (Lipinski definition) is 3. The normalized spacial score (nSPS) is 16.9. The molecule has 0 aromatic heterocycles. The number of halogens is 1. The van der Waals surface area contributed by atoms with Crippen LogP contribution < -0.4 is 4.74 Å². The van der Waals surface area contributed by atoms with Gasteiger partial charge in [-0.05, 0) is 57.4 Å². The third-order valence-electron chi connectivity index (χ3n) is 4.92. The monoisotopic (exact) mass is 382 g/mol. The molecule has 4 nitrogen and oxygen atoms in total. The molecule has 1 atom stereocenters. The molecule has 1 aliphatic rings. The van der Waals surface area contributed by atoms with Crippen LogP contribution in [0.1, 0.15) is 49.4 Å². The van der Waals surface area contributed by atoms with E-state index in [1.165, 1.54) is 5.56 Å². The Morgan fingerprint density at radius 2 is 1.96 bits per heavy atom. The lowest BCUT2D eigenvalue weighted by molar-refractivity contribution is -0.146. The van der Waals surface area contributed by atoms with Gasteiger partial charge in [0.15, 0.2) is 5.60 Å². The third kappa shape index (κ3) is 4.09.